The first-order valence-corrected chi connectivity index (χ1v) is 6.65. The molecule has 5 nitrogen and oxygen atoms in total. The van der Waals surface area contributed by atoms with Crippen molar-refractivity contribution in [3.8, 4) is 0 Å². The molecule has 0 aromatic carbocycles. The summed E-state index contributed by atoms with van der Waals surface area (Å²) in [6.07, 6.45) is 3.97. The van der Waals surface area contributed by atoms with Crippen molar-refractivity contribution in [1.82, 2.24) is 0 Å². The van der Waals surface area contributed by atoms with Gasteiger partial charge in [-0.05, 0) is 37.5 Å². The second kappa shape index (κ2) is 3.75. The lowest BCUT2D eigenvalue weighted by Crippen LogP contribution is -2.27. The van der Waals surface area contributed by atoms with Crippen LogP contribution in [0.2, 0.25) is 0 Å². The largest absolute Gasteiger partial charge is 0.748 e. The van der Waals surface area contributed by atoms with Gasteiger partial charge >= 0.3 is 5.97 Å². The van der Waals surface area contributed by atoms with E-state index >= 15 is 0 Å². The Kier molecular flexibility index (Phi) is 2.72. The predicted octanol–water partition coefficient (Wildman–Crippen LogP) is 0.263. The molecule has 86 valence electrons. The highest BCUT2D eigenvalue weighted by Crippen LogP contribution is 2.45. The Morgan fingerprint density at radius 3 is 2.53 bits per heavy atom. The fraction of sp³-hybridized carbons (Fsp3) is 0.889. The quantitative estimate of drug-likeness (QED) is 0.516. The molecule has 2 rings (SSSR count). The van der Waals surface area contributed by atoms with Crippen molar-refractivity contribution >= 4 is 16.1 Å². The highest BCUT2D eigenvalue weighted by molar-refractivity contribution is 7.86. The molecule has 0 aromatic heterocycles. The molecule has 0 heterocycles. The number of carbonyl (C=O) groups excluding carboxylic acids is 1. The highest BCUT2D eigenvalue weighted by Gasteiger charge is 2.41. The SMILES string of the molecule is O=C(CS(=O)(=O)[O-])OC1CC2CCC1C2. The molecule has 6 heteroatoms. The number of esters is 1. The van der Waals surface area contributed by atoms with Gasteiger partial charge in [-0.2, -0.15) is 0 Å². The number of hydrogen-bond donors (Lipinski definition) is 0. The summed E-state index contributed by atoms with van der Waals surface area (Å²) in [5, 5.41) is 0. The minimum absolute atomic E-state index is 0.155. The third-order valence-electron chi connectivity index (χ3n) is 3.25. The number of hydrogen-bond acceptors (Lipinski definition) is 5. The third-order valence-corrected chi connectivity index (χ3v) is 3.84. The van der Waals surface area contributed by atoms with Crippen LogP contribution in [0, 0.1) is 11.8 Å². The lowest BCUT2D eigenvalue weighted by Gasteiger charge is -2.22. The predicted molar refractivity (Wildman–Crippen MR) is 49.9 cm³/mol. The minimum Gasteiger partial charge on any atom is -0.748 e. The molecule has 2 bridgehead atoms. The van der Waals surface area contributed by atoms with Crippen molar-refractivity contribution in [2.24, 2.45) is 11.8 Å². The van der Waals surface area contributed by atoms with Crippen molar-refractivity contribution in [1.29, 1.82) is 0 Å². The standard InChI is InChI=1S/C9H14O5S/c10-9(5-15(11,12)13)14-8-4-6-1-2-7(8)3-6/h6-8H,1-5H2,(H,11,12,13)/p-1. The molecule has 0 amide bonds. The second-order valence-corrected chi connectivity index (χ2v) is 5.81. The summed E-state index contributed by atoms with van der Waals surface area (Å²) in [5.74, 6) is -0.937. The molecule has 0 aromatic rings. The minimum atomic E-state index is -4.50. The Balaban J connectivity index is 1.85. The van der Waals surface area contributed by atoms with Crippen LogP contribution in [0.15, 0.2) is 0 Å². The lowest BCUT2D eigenvalue weighted by molar-refractivity contribution is -0.148. The summed E-state index contributed by atoms with van der Waals surface area (Å²) in [7, 11) is -4.50. The first-order chi connectivity index (χ1) is 6.94. The molecule has 0 radical (unpaired) electrons. The van der Waals surface area contributed by atoms with E-state index in [1.807, 2.05) is 0 Å². The topological polar surface area (TPSA) is 83.5 Å². The molecule has 0 saturated heterocycles. The summed E-state index contributed by atoms with van der Waals surface area (Å²) in [6, 6.07) is 0. The Morgan fingerprint density at radius 1 is 1.33 bits per heavy atom. The van der Waals surface area contributed by atoms with Crippen LogP contribution in [0.25, 0.3) is 0 Å². The fourth-order valence-corrected chi connectivity index (χ4v) is 3.03. The summed E-state index contributed by atoms with van der Waals surface area (Å²) in [4.78, 5) is 11.1. The van der Waals surface area contributed by atoms with Gasteiger partial charge in [-0.3, -0.25) is 4.79 Å². The van der Waals surface area contributed by atoms with Crippen LogP contribution in [-0.4, -0.2) is 30.8 Å². The highest BCUT2D eigenvalue weighted by atomic mass is 32.2. The first kappa shape index (κ1) is 10.9. The van der Waals surface area contributed by atoms with Gasteiger partial charge in [0.15, 0.2) is 0 Å². The molecule has 0 spiro atoms. The molecule has 3 unspecified atom stereocenters. The third kappa shape index (κ3) is 2.69. The molecule has 2 saturated carbocycles. The maximum absolute atomic E-state index is 11.1. The van der Waals surface area contributed by atoms with Gasteiger partial charge in [-0.25, -0.2) is 8.42 Å². The summed E-state index contributed by atoms with van der Waals surface area (Å²) < 4.78 is 36.0. The van der Waals surface area contributed by atoms with Gasteiger partial charge in [0, 0.05) is 0 Å². The molecule has 0 aliphatic heterocycles. The summed E-state index contributed by atoms with van der Waals surface area (Å²) in [5.41, 5.74) is 0. The lowest BCUT2D eigenvalue weighted by atomic mass is 9.98. The van der Waals surface area contributed by atoms with E-state index < -0.39 is 21.8 Å². The zero-order valence-corrected chi connectivity index (χ0v) is 9.03. The Hall–Kier alpha value is -0.620. The molecule has 2 fully saturated rings. The zero-order chi connectivity index (χ0) is 11.1. The van der Waals surface area contributed by atoms with E-state index in [4.69, 9.17) is 4.74 Å². The Bertz CT molecular complexity index is 361. The smallest absolute Gasteiger partial charge is 0.320 e. The monoisotopic (exact) mass is 233 g/mol. The summed E-state index contributed by atoms with van der Waals surface area (Å²) in [6.45, 7) is 0. The molecular formula is C9H13O5S-. The number of rotatable bonds is 3. The van der Waals surface area contributed by atoms with Crippen molar-refractivity contribution < 1.29 is 22.5 Å². The number of carbonyl (C=O) groups is 1. The molecule has 3 atom stereocenters. The van der Waals surface area contributed by atoms with E-state index in [9.17, 15) is 17.8 Å². The van der Waals surface area contributed by atoms with E-state index in [1.54, 1.807) is 0 Å². The van der Waals surface area contributed by atoms with E-state index in [0.29, 0.717) is 11.8 Å². The van der Waals surface area contributed by atoms with Crippen LogP contribution in [0.3, 0.4) is 0 Å². The second-order valence-electron chi connectivity index (χ2n) is 4.41. The molecule has 0 N–H and O–H groups in total. The number of fused-ring (bicyclic) bond motifs is 2. The van der Waals surface area contributed by atoms with Crippen LogP contribution in [0.1, 0.15) is 25.7 Å². The van der Waals surface area contributed by atoms with Crippen molar-refractivity contribution in [2.45, 2.75) is 31.8 Å². The molecular weight excluding hydrogens is 220 g/mol. The van der Waals surface area contributed by atoms with Crippen LogP contribution in [0.4, 0.5) is 0 Å². The van der Waals surface area contributed by atoms with Crippen LogP contribution >= 0.6 is 0 Å². The Labute approximate surface area is 88.6 Å². The fourth-order valence-electron chi connectivity index (χ4n) is 2.68. The summed E-state index contributed by atoms with van der Waals surface area (Å²) >= 11 is 0. The van der Waals surface area contributed by atoms with Gasteiger partial charge in [0.05, 0.1) is 0 Å². The van der Waals surface area contributed by atoms with E-state index in [0.717, 1.165) is 19.3 Å². The molecule has 15 heavy (non-hydrogen) atoms. The average molecular weight is 233 g/mol. The van der Waals surface area contributed by atoms with Crippen LogP contribution in [0.5, 0.6) is 0 Å². The van der Waals surface area contributed by atoms with Crippen LogP contribution < -0.4 is 0 Å². The first-order valence-electron chi connectivity index (χ1n) is 5.07. The maximum atomic E-state index is 11.1. The molecule has 2 aliphatic rings. The van der Waals surface area contributed by atoms with E-state index in [-0.39, 0.29) is 6.10 Å². The number of ether oxygens (including phenoxy) is 1. The average Bonchev–Trinajstić information content (AvgIpc) is 2.60. The van der Waals surface area contributed by atoms with Crippen molar-refractivity contribution in [3.63, 3.8) is 0 Å². The van der Waals surface area contributed by atoms with Crippen molar-refractivity contribution in [2.75, 3.05) is 5.75 Å². The van der Waals surface area contributed by atoms with Gasteiger partial charge in [-0.1, -0.05) is 0 Å². The van der Waals surface area contributed by atoms with Gasteiger partial charge in [-0.15, -0.1) is 0 Å². The van der Waals surface area contributed by atoms with Gasteiger partial charge in [0.2, 0.25) is 0 Å². The van der Waals surface area contributed by atoms with Gasteiger partial charge in [0.1, 0.15) is 22.0 Å². The normalized spacial score (nSPS) is 34.3. The van der Waals surface area contributed by atoms with Crippen LogP contribution in [-0.2, 0) is 19.6 Å². The Morgan fingerprint density at radius 2 is 2.07 bits per heavy atom. The van der Waals surface area contributed by atoms with E-state index in [2.05, 4.69) is 0 Å². The zero-order valence-electron chi connectivity index (χ0n) is 8.22. The van der Waals surface area contributed by atoms with Gasteiger partial charge in [0.25, 0.3) is 0 Å². The van der Waals surface area contributed by atoms with E-state index in [1.165, 1.54) is 6.42 Å². The van der Waals surface area contributed by atoms with Crippen molar-refractivity contribution in [3.05, 3.63) is 0 Å². The molecule has 2 aliphatic carbocycles. The maximum Gasteiger partial charge on any atom is 0.320 e. The van der Waals surface area contributed by atoms with Gasteiger partial charge < -0.3 is 9.29 Å².